The molecule has 1 atom stereocenters. The average Bonchev–Trinajstić information content (AvgIpc) is 2.70. The molecule has 1 N–H and O–H groups in total. The van der Waals surface area contributed by atoms with Crippen molar-refractivity contribution in [3.8, 4) is 6.07 Å². The van der Waals surface area contributed by atoms with E-state index in [1.54, 1.807) is 4.68 Å². The first-order valence-electron chi connectivity index (χ1n) is 6.44. The topological polar surface area (TPSA) is 53.6 Å². The summed E-state index contributed by atoms with van der Waals surface area (Å²) >= 11 is 6.21. The molecule has 0 aliphatic heterocycles. The molecule has 1 aromatic carbocycles. The average molecular weight is 289 g/mol. The highest BCUT2D eigenvalue weighted by molar-refractivity contribution is 6.30. The molecule has 0 aliphatic carbocycles. The van der Waals surface area contributed by atoms with Crippen molar-refractivity contribution in [3.05, 3.63) is 51.8 Å². The molecule has 0 aliphatic rings. The first-order chi connectivity index (χ1) is 9.52. The third-order valence-corrected chi connectivity index (χ3v) is 3.87. The number of nitriles is 1. The Morgan fingerprint density at radius 1 is 1.40 bits per heavy atom. The summed E-state index contributed by atoms with van der Waals surface area (Å²) < 4.78 is 1.68. The standard InChI is InChI=1S/C15H17ClN4/c1-10(13-6-4-12(8-17)5-7-13)18-9-14-11(2)19-20(3)15(14)16/h4-7,10,18H,9H2,1-3H3. The Balaban J connectivity index is 2.04. The van der Waals surface area contributed by atoms with Crippen LogP contribution in [0.5, 0.6) is 0 Å². The van der Waals surface area contributed by atoms with E-state index in [1.807, 2.05) is 38.2 Å². The summed E-state index contributed by atoms with van der Waals surface area (Å²) in [6.45, 7) is 4.70. The van der Waals surface area contributed by atoms with Gasteiger partial charge in [-0.3, -0.25) is 4.68 Å². The van der Waals surface area contributed by atoms with E-state index in [4.69, 9.17) is 16.9 Å². The summed E-state index contributed by atoms with van der Waals surface area (Å²) in [6.07, 6.45) is 0. The van der Waals surface area contributed by atoms with E-state index in [0.717, 1.165) is 16.8 Å². The van der Waals surface area contributed by atoms with Gasteiger partial charge in [0.1, 0.15) is 5.15 Å². The van der Waals surface area contributed by atoms with Crippen molar-refractivity contribution in [2.24, 2.45) is 7.05 Å². The van der Waals surface area contributed by atoms with Crippen LogP contribution in [0.3, 0.4) is 0 Å². The molecule has 0 saturated carbocycles. The van der Waals surface area contributed by atoms with Crippen LogP contribution in [0.2, 0.25) is 5.15 Å². The van der Waals surface area contributed by atoms with Crippen molar-refractivity contribution in [2.75, 3.05) is 0 Å². The number of aromatic nitrogens is 2. The number of benzene rings is 1. The fourth-order valence-electron chi connectivity index (χ4n) is 2.09. The summed E-state index contributed by atoms with van der Waals surface area (Å²) in [6, 6.07) is 9.89. The van der Waals surface area contributed by atoms with Gasteiger partial charge in [-0.05, 0) is 31.5 Å². The minimum Gasteiger partial charge on any atom is -0.306 e. The lowest BCUT2D eigenvalue weighted by Crippen LogP contribution is -2.18. The van der Waals surface area contributed by atoms with Gasteiger partial charge in [0.2, 0.25) is 0 Å². The van der Waals surface area contributed by atoms with Gasteiger partial charge in [-0.2, -0.15) is 10.4 Å². The summed E-state index contributed by atoms with van der Waals surface area (Å²) in [4.78, 5) is 0. The van der Waals surface area contributed by atoms with E-state index < -0.39 is 0 Å². The van der Waals surface area contributed by atoms with E-state index in [0.29, 0.717) is 17.3 Å². The van der Waals surface area contributed by atoms with Crippen LogP contribution in [0.1, 0.15) is 35.3 Å². The second kappa shape index (κ2) is 6.08. The molecule has 4 nitrogen and oxygen atoms in total. The Bertz CT molecular complexity index is 637. The van der Waals surface area contributed by atoms with Crippen molar-refractivity contribution in [2.45, 2.75) is 26.4 Å². The van der Waals surface area contributed by atoms with Gasteiger partial charge in [0.05, 0.1) is 17.3 Å². The van der Waals surface area contributed by atoms with Crippen molar-refractivity contribution in [3.63, 3.8) is 0 Å². The molecule has 0 radical (unpaired) electrons. The molecule has 1 aromatic heterocycles. The number of halogens is 1. The van der Waals surface area contributed by atoms with Gasteiger partial charge in [0.25, 0.3) is 0 Å². The van der Waals surface area contributed by atoms with Gasteiger partial charge in [-0.1, -0.05) is 23.7 Å². The molecule has 2 aromatic rings. The number of nitrogens with zero attached hydrogens (tertiary/aromatic N) is 3. The summed E-state index contributed by atoms with van der Waals surface area (Å²) in [5.41, 5.74) is 3.78. The Morgan fingerprint density at radius 3 is 2.55 bits per heavy atom. The van der Waals surface area contributed by atoms with Crippen molar-refractivity contribution in [1.82, 2.24) is 15.1 Å². The van der Waals surface area contributed by atoms with E-state index in [2.05, 4.69) is 23.4 Å². The van der Waals surface area contributed by atoms with Gasteiger partial charge < -0.3 is 5.32 Å². The first kappa shape index (κ1) is 14.6. The van der Waals surface area contributed by atoms with Gasteiger partial charge in [0, 0.05) is 25.2 Å². The van der Waals surface area contributed by atoms with E-state index in [1.165, 1.54) is 0 Å². The molecule has 0 amide bonds. The van der Waals surface area contributed by atoms with Crippen LogP contribution in [-0.2, 0) is 13.6 Å². The molecule has 1 heterocycles. The smallest absolute Gasteiger partial charge is 0.131 e. The molecule has 0 spiro atoms. The maximum absolute atomic E-state index is 8.79. The van der Waals surface area contributed by atoms with Crippen molar-refractivity contribution < 1.29 is 0 Å². The van der Waals surface area contributed by atoms with E-state index in [9.17, 15) is 0 Å². The summed E-state index contributed by atoms with van der Waals surface area (Å²) in [7, 11) is 1.84. The monoisotopic (exact) mass is 288 g/mol. The highest BCUT2D eigenvalue weighted by Crippen LogP contribution is 2.20. The van der Waals surface area contributed by atoms with E-state index >= 15 is 0 Å². The predicted molar refractivity (Wildman–Crippen MR) is 79.4 cm³/mol. The molecular formula is C15H17ClN4. The second-order valence-electron chi connectivity index (χ2n) is 4.81. The number of hydrogen-bond acceptors (Lipinski definition) is 3. The zero-order valence-corrected chi connectivity index (χ0v) is 12.6. The molecule has 104 valence electrons. The first-order valence-corrected chi connectivity index (χ1v) is 6.82. The SMILES string of the molecule is Cc1nn(C)c(Cl)c1CNC(C)c1ccc(C#N)cc1. The van der Waals surface area contributed by atoms with Crippen LogP contribution in [0, 0.1) is 18.3 Å². The lowest BCUT2D eigenvalue weighted by molar-refractivity contribution is 0.573. The largest absolute Gasteiger partial charge is 0.306 e. The minimum atomic E-state index is 0.179. The second-order valence-corrected chi connectivity index (χ2v) is 5.17. The fourth-order valence-corrected chi connectivity index (χ4v) is 2.34. The van der Waals surface area contributed by atoms with Crippen LogP contribution >= 0.6 is 11.6 Å². The van der Waals surface area contributed by atoms with Gasteiger partial charge in [0.15, 0.2) is 0 Å². The lowest BCUT2D eigenvalue weighted by Gasteiger charge is -2.14. The Kier molecular flexibility index (Phi) is 4.43. The maximum Gasteiger partial charge on any atom is 0.131 e. The minimum absolute atomic E-state index is 0.179. The summed E-state index contributed by atoms with van der Waals surface area (Å²) in [5.74, 6) is 0. The quantitative estimate of drug-likeness (QED) is 0.940. The number of aryl methyl sites for hydroxylation is 2. The molecule has 0 bridgehead atoms. The Labute approximate surface area is 124 Å². The van der Waals surface area contributed by atoms with Crippen LogP contribution in [-0.4, -0.2) is 9.78 Å². The number of nitrogens with one attached hydrogen (secondary N) is 1. The number of hydrogen-bond donors (Lipinski definition) is 1. The third kappa shape index (κ3) is 3.01. The lowest BCUT2D eigenvalue weighted by atomic mass is 10.1. The molecule has 20 heavy (non-hydrogen) atoms. The van der Waals surface area contributed by atoms with Gasteiger partial charge in [-0.25, -0.2) is 0 Å². The summed E-state index contributed by atoms with van der Waals surface area (Å²) in [5, 5.41) is 17.2. The van der Waals surface area contributed by atoms with Crippen LogP contribution in [0.25, 0.3) is 0 Å². The van der Waals surface area contributed by atoms with Crippen LogP contribution in [0.15, 0.2) is 24.3 Å². The zero-order valence-electron chi connectivity index (χ0n) is 11.8. The van der Waals surface area contributed by atoms with Crippen molar-refractivity contribution in [1.29, 1.82) is 5.26 Å². The van der Waals surface area contributed by atoms with Crippen molar-refractivity contribution >= 4 is 11.6 Å². The highest BCUT2D eigenvalue weighted by atomic mass is 35.5. The maximum atomic E-state index is 8.79. The van der Waals surface area contributed by atoms with Gasteiger partial charge in [-0.15, -0.1) is 0 Å². The number of rotatable bonds is 4. The normalized spacial score (nSPS) is 12.2. The van der Waals surface area contributed by atoms with Crippen LogP contribution in [0.4, 0.5) is 0 Å². The predicted octanol–water partition coefficient (Wildman–Crippen LogP) is 3.10. The fraction of sp³-hybridized carbons (Fsp3) is 0.333. The van der Waals surface area contributed by atoms with E-state index in [-0.39, 0.29) is 6.04 Å². The highest BCUT2D eigenvalue weighted by Gasteiger charge is 2.12. The molecule has 0 saturated heterocycles. The van der Waals surface area contributed by atoms with Crippen LogP contribution < -0.4 is 5.32 Å². The molecule has 1 unspecified atom stereocenters. The molecule has 5 heteroatoms. The third-order valence-electron chi connectivity index (χ3n) is 3.39. The zero-order chi connectivity index (χ0) is 14.7. The Hall–Kier alpha value is -1.83. The molecule has 2 rings (SSSR count). The molecule has 0 fully saturated rings. The van der Waals surface area contributed by atoms with Gasteiger partial charge >= 0.3 is 0 Å². The Morgan fingerprint density at radius 2 is 2.05 bits per heavy atom. The molecular weight excluding hydrogens is 272 g/mol.